The Balaban J connectivity index is 1.96. The van der Waals surface area contributed by atoms with Crippen LogP contribution in [-0.2, 0) is 11.3 Å². The van der Waals surface area contributed by atoms with Crippen LogP contribution in [0, 0.1) is 0 Å². The third kappa shape index (κ3) is 3.83. The van der Waals surface area contributed by atoms with Crippen LogP contribution in [0.5, 0.6) is 0 Å². The molecular formula is C15H21N3O. The van der Waals surface area contributed by atoms with E-state index >= 15 is 0 Å². The molecule has 0 amide bonds. The molecule has 1 heterocycles. The maximum Gasteiger partial charge on any atom is 0.0741 e. The van der Waals surface area contributed by atoms with Crippen molar-refractivity contribution in [2.24, 2.45) is 0 Å². The second-order valence-corrected chi connectivity index (χ2v) is 4.79. The number of methoxy groups -OCH3 is 1. The standard InChI is InChI=1S/C15H21N3O/c1-12(13(2)19-3)17-15-9-16-18(11-15)10-14-7-5-4-6-8-14/h4-9,11-13,17H,10H2,1-3H3. The molecule has 19 heavy (non-hydrogen) atoms. The van der Waals surface area contributed by atoms with Gasteiger partial charge in [-0.3, -0.25) is 4.68 Å². The first-order valence-electron chi connectivity index (χ1n) is 6.54. The first kappa shape index (κ1) is 13.6. The van der Waals surface area contributed by atoms with Gasteiger partial charge in [-0.15, -0.1) is 0 Å². The van der Waals surface area contributed by atoms with E-state index in [4.69, 9.17) is 4.74 Å². The molecule has 2 unspecified atom stereocenters. The molecule has 2 aromatic rings. The van der Waals surface area contributed by atoms with E-state index in [2.05, 4.69) is 29.5 Å². The van der Waals surface area contributed by atoms with E-state index in [1.807, 2.05) is 42.2 Å². The molecule has 1 N–H and O–H groups in total. The van der Waals surface area contributed by atoms with E-state index in [-0.39, 0.29) is 12.1 Å². The SMILES string of the molecule is COC(C)C(C)Nc1cnn(Cc2ccccc2)c1. The molecular weight excluding hydrogens is 238 g/mol. The molecule has 4 nitrogen and oxygen atoms in total. The van der Waals surface area contributed by atoms with Gasteiger partial charge < -0.3 is 10.1 Å². The zero-order valence-corrected chi connectivity index (χ0v) is 11.7. The Hall–Kier alpha value is -1.81. The monoisotopic (exact) mass is 259 g/mol. The average Bonchev–Trinajstić information content (AvgIpc) is 2.86. The summed E-state index contributed by atoms with van der Waals surface area (Å²) in [5, 5.41) is 7.75. The first-order valence-corrected chi connectivity index (χ1v) is 6.54. The molecule has 1 aromatic carbocycles. The van der Waals surface area contributed by atoms with Crippen molar-refractivity contribution < 1.29 is 4.74 Å². The maximum absolute atomic E-state index is 5.30. The van der Waals surface area contributed by atoms with E-state index in [1.54, 1.807) is 7.11 Å². The highest BCUT2D eigenvalue weighted by atomic mass is 16.5. The Morgan fingerprint density at radius 3 is 2.68 bits per heavy atom. The molecule has 4 heteroatoms. The number of rotatable bonds is 6. The van der Waals surface area contributed by atoms with Crippen molar-refractivity contribution in [2.45, 2.75) is 32.5 Å². The quantitative estimate of drug-likeness (QED) is 0.867. The van der Waals surface area contributed by atoms with Crippen molar-refractivity contribution in [1.82, 2.24) is 9.78 Å². The molecule has 0 bridgehead atoms. The van der Waals surface area contributed by atoms with E-state index in [0.29, 0.717) is 0 Å². The summed E-state index contributed by atoms with van der Waals surface area (Å²) in [6.07, 6.45) is 4.03. The van der Waals surface area contributed by atoms with Crippen LogP contribution < -0.4 is 5.32 Å². The largest absolute Gasteiger partial charge is 0.380 e. The zero-order chi connectivity index (χ0) is 13.7. The Labute approximate surface area is 114 Å². The van der Waals surface area contributed by atoms with E-state index in [1.165, 1.54) is 5.56 Å². The minimum Gasteiger partial charge on any atom is -0.380 e. The molecule has 102 valence electrons. The van der Waals surface area contributed by atoms with Gasteiger partial charge in [0.15, 0.2) is 0 Å². The molecule has 0 spiro atoms. The van der Waals surface area contributed by atoms with Gasteiger partial charge >= 0.3 is 0 Å². The molecule has 0 radical (unpaired) electrons. The first-order chi connectivity index (χ1) is 9.19. The highest BCUT2D eigenvalue weighted by Crippen LogP contribution is 2.11. The van der Waals surface area contributed by atoms with Crippen LogP contribution in [0.1, 0.15) is 19.4 Å². The fourth-order valence-corrected chi connectivity index (χ4v) is 1.88. The van der Waals surface area contributed by atoms with Gasteiger partial charge in [-0.05, 0) is 19.4 Å². The number of ether oxygens (including phenoxy) is 1. The molecule has 0 aliphatic heterocycles. The predicted octanol–water partition coefficient (Wildman–Crippen LogP) is 2.77. The van der Waals surface area contributed by atoms with Crippen molar-refractivity contribution in [3.05, 3.63) is 48.3 Å². The summed E-state index contributed by atoms with van der Waals surface area (Å²) < 4.78 is 7.23. The topological polar surface area (TPSA) is 39.1 Å². The average molecular weight is 259 g/mol. The summed E-state index contributed by atoms with van der Waals surface area (Å²) >= 11 is 0. The van der Waals surface area contributed by atoms with E-state index in [9.17, 15) is 0 Å². The van der Waals surface area contributed by atoms with Crippen molar-refractivity contribution in [2.75, 3.05) is 12.4 Å². The van der Waals surface area contributed by atoms with Gasteiger partial charge in [0.25, 0.3) is 0 Å². The summed E-state index contributed by atoms with van der Waals surface area (Å²) in [5.74, 6) is 0. The lowest BCUT2D eigenvalue weighted by molar-refractivity contribution is 0.106. The fourth-order valence-electron chi connectivity index (χ4n) is 1.88. The van der Waals surface area contributed by atoms with Crippen LogP contribution in [0.25, 0.3) is 0 Å². The molecule has 0 saturated heterocycles. The number of hydrogen-bond donors (Lipinski definition) is 1. The van der Waals surface area contributed by atoms with Gasteiger partial charge in [0.05, 0.1) is 24.5 Å². The summed E-state index contributed by atoms with van der Waals surface area (Å²) in [6.45, 7) is 4.94. The summed E-state index contributed by atoms with van der Waals surface area (Å²) in [7, 11) is 1.72. The van der Waals surface area contributed by atoms with Crippen LogP contribution >= 0.6 is 0 Å². The number of benzene rings is 1. The Bertz CT molecular complexity index is 495. The van der Waals surface area contributed by atoms with Crippen molar-refractivity contribution >= 4 is 5.69 Å². The van der Waals surface area contributed by atoms with E-state index in [0.717, 1.165) is 12.2 Å². The number of hydrogen-bond acceptors (Lipinski definition) is 3. The lowest BCUT2D eigenvalue weighted by atomic mass is 10.2. The Morgan fingerprint density at radius 2 is 2.00 bits per heavy atom. The Morgan fingerprint density at radius 1 is 1.26 bits per heavy atom. The molecule has 2 atom stereocenters. The highest BCUT2D eigenvalue weighted by molar-refractivity contribution is 5.39. The number of nitrogens with zero attached hydrogens (tertiary/aromatic N) is 2. The number of aromatic nitrogens is 2. The van der Waals surface area contributed by atoms with Crippen molar-refractivity contribution in [3.63, 3.8) is 0 Å². The molecule has 0 aliphatic rings. The van der Waals surface area contributed by atoms with Crippen LogP contribution in [0.3, 0.4) is 0 Å². The molecule has 0 aliphatic carbocycles. The van der Waals surface area contributed by atoms with Crippen LogP contribution in [-0.4, -0.2) is 29.0 Å². The third-order valence-electron chi connectivity index (χ3n) is 3.29. The lowest BCUT2D eigenvalue weighted by Gasteiger charge is -2.19. The van der Waals surface area contributed by atoms with E-state index < -0.39 is 0 Å². The predicted molar refractivity (Wildman–Crippen MR) is 77.3 cm³/mol. The maximum atomic E-state index is 5.30. The van der Waals surface area contributed by atoms with Crippen LogP contribution in [0.4, 0.5) is 5.69 Å². The summed E-state index contributed by atoms with van der Waals surface area (Å²) in [5.41, 5.74) is 2.27. The zero-order valence-electron chi connectivity index (χ0n) is 11.7. The molecule has 0 saturated carbocycles. The third-order valence-corrected chi connectivity index (χ3v) is 3.29. The summed E-state index contributed by atoms with van der Waals surface area (Å²) in [4.78, 5) is 0. The number of anilines is 1. The molecule has 2 rings (SSSR count). The van der Waals surface area contributed by atoms with Gasteiger partial charge in [-0.1, -0.05) is 30.3 Å². The van der Waals surface area contributed by atoms with Crippen molar-refractivity contribution in [1.29, 1.82) is 0 Å². The molecule has 1 aromatic heterocycles. The highest BCUT2D eigenvalue weighted by Gasteiger charge is 2.11. The molecule has 0 fully saturated rings. The minimum absolute atomic E-state index is 0.164. The van der Waals surface area contributed by atoms with Gasteiger partial charge in [0.1, 0.15) is 0 Å². The fraction of sp³-hybridized carbons (Fsp3) is 0.400. The Kier molecular flexibility index (Phi) is 4.58. The summed E-state index contributed by atoms with van der Waals surface area (Å²) in [6, 6.07) is 10.6. The second kappa shape index (κ2) is 6.38. The smallest absolute Gasteiger partial charge is 0.0741 e. The second-order valence-electron chi connectivity index (χ2n) is 4.79. The van der Waals surface area contributed by atoms with Gasteiger partial charge in [0.2, 0.25) is 0 Å². The van der Waals surface area contributed by atoms with Crippen molar-refractivity contribution in [3.8, 4) is 0 Å². The van der Waals surface area contributed by atoms with Gasteiger partial charge in [-0.2, -0.15) is 5.10 Å². The van der Waals surface area contributed by atoms with Gasteiger partial charge in [0, 0.05) is 19.3 Å². The normalized spacial score (nSPS) is 14.1. The van der Waals surface area contributed by atoms with Crippen LogP contribution in [0.15, 0.2) is 42.7 Å². The number of nitrogens with one attached hydrogen (secondary N) is 1. The van der Waals surface area contributed by atoms with Crippen LogP contribution in [0.2, 0.25) is 0 Å². The van der Waals surface area contributed by atoms with Gasteiger partial charge in [-0.25, -0.2) is 0 Å². The minimum atomic E-state index is 0.164. The lowest BCUT2D eigenvalue weighted by Crippen LogP contribution is -2.29.